The smallest absolute Gasteiger partial charge is 0.146 e. The fourth-order valence-electron chi connectivity index (χ4n) is 2.03. The number of aryl methyl sites for hydroxylation is 1. The van der Waals surface area contributed by atoms with Crippen molar-refractivity contribution in [3.8, 4) is 0 Å². The maximum absolute atomic E-state index is 5.82. The Kier molecular flexibility index (Phi) is 3.05. The molecule has 1 unspecified atom stereocenters. The quantitative estimate of drug-likeness (QED) is 0.778. The molecule has 1 N–H and O–H groups in total. The van der Waals surface area contributed by atoms with Gasteiger partial charge < -0.3 is 14.3 Å². The van der Waals surface area contributed by atoms with Crippen molar-refractivity contribution >= 4 is 11.0 Å². The third-order valence-electron chi connectivity index (χ3n) is 3.24. The van der Waals surface area contributed by atoms with Gasteiger partial charge in [0, 0.05) is 12.4 Å². The number of hydrogen-bond donors (Lipinski definition) is 1. The molecular formula is C14H16N4O. The van der Waals surface area contributed by atoms with E-state index in [1.165, 1.54) is 0 Å². The third kappa shape index (κ3) is 2.37. The van der Waals surface area contributed by atoms with Crippen molar-refractivity contribution in [1.29, 1.82) is 0 Å². The van der Waals surface area contributed by atoms with Crippen LogP contribution in [-0.2, 0) is 13.6 Å². The molecule has 0 amide bonds. The molecule has 3 rings (SSSR count). The molecule has 98 valence electrons. The van der Waals surface area contributed by atoms with Crippen LogP contribution in [0.3, 0.4) is 0 Å². The number of furan rings is 1. The van der Waals surface area contributed by atoms with E-state index >= 15 is 0 Å². The first kappa shape index (κ1) is 11.9. The van der Waals surface area contributed by atoms with Gasteiger partial charge in [0.2, 0.25) is 0 Å². The summed E-state index contributed by atoms with van der Waals surface area (Å²) in [6.45, 7) is 2.74. The van der Waals surface area contributed by atoms with Gasteiger partial charge in [0.1, 0.15) is 23.5 Å². The Morgan fingerprint density at radius 2 is 2.21 bits per heavy atom. The molecule has 0 bridgehead atoms. The van der Waals surface area contributed by atoms with Crippen molar-refractivity contribution in [2.24, 2.45) is 7.05 Å². The minimum absolute atomic E-state index is 0.129. The number of nitrogens with zero attached hydrogens (tertiary/aromatic N) is 3. The maximum atomic E-state index is 5.82. The molecule has 0 aliphatic rings. The van der Waals surface area contributed by atoms with Gasteiger partial charge in [-0.2, -0.15) is 0 Å². The molecule has 0 saturated heterocycles. The summed E-state index contributed by atoms with van der Waals surface area (Å²) < 4.78 is 7.73. The topological polar surface area (TPSA) is 55.9 Å². The first-order valence-electron chi connectivity index (χ1n) is 6.29. The van der Waals surface area contributed by atoms with Crippen molar-refractivity contribution in [2.75, 3.05) is 0 Å². The number of hydrogen-bond acceptors (Lipinski definition) is 4. The molecule has 2 heterocycles. The predicted molar refractivity (Wildman–Crippen MR) is 72.5 cm³/mol. The predicted octanol–water partition coefficient (Wildman–Crippen LogP) is 2.41. The summed E-state index contributed by atoms with van der Waals surface area (Å²) >= 11 is 0. The highest BCUT2D eigenvalue weighted by Gasteiger charge is 2.11. The number of para-hydroxylation sites is 1. The zero-order chi connectivity index (χ0) is 13.2. The molecule has 19 heavy (non-hydrogen) atoms. The summed E-state index contributed by atoms with van der Waals surface area (Å²) in [4.78, 5) is 0. The van der Waals surface area contributed by atoms with Crippen LogP contribution in [0, 0.1) is 0 Å². The van der Waals surface area contributed by atoms with E-state index in [0.29, 0.717) is 6.54 Å². The molecule has 5 nitrogen and oxygen atoms in total. The van der Waals surface area contributed by atoms with E-state index in [2.05, 4.69) is 34.6 Å². The second kappa shape index (κ2) is 4.85. The zero-order valence-electron chi connectivity index (χ0n) is 11.0. The van der Waals surface area contributed by atoms with Gasteiger partial charge in [0.15, 0.2) is 0 Å². The summed E-state index contributed by atoms with van der Waals surface area (Å²) in [5.41, 5.74) is 0.921. The van der Waals surface area contributed by atoms with E-state index in [1.807, 2.05) is 29.8 Å². The Labute approximate surface area is 111 Å². The first-order valence-corrected chi connectivity index (χ1v) is 6.29. The molecule has 1 aromatic carbocycles. The largest absolute Gasteiger partial charge is 0.459 e. The van der Waals surface area contributed by atoms with Crippen LogP contribution in [0.2, 0.25) is 0 Å². The van der Waals surface area contributed by atoms with E-state index < -0.39 is 0 Å². The molecular weight excluding hydrogens is 240 g/mol. The lowest BCUT2D eigenvalue weighted by atomic mass is 10.2. The van der Waals surface area contributed by atoms with Gasteiger partial charge in [-0.25, -0.2) is 0 Å². The molecule has 0 aliphatic heterocycles. The van der Waals surface area contributed by atoms with E-state index in [1.54, 1.807) is 6.33 Å². The van der Waals surface area contributed by atoms with Gasteiger partial charge in [-0.1, -0.05) is 18.2 Å². The fraction of sp³-hybridized carbons (Fsp3) is 0.286. The number of fused-ring (bicyclic) bond motifs is 1. The van der Waals surface area contributed by atoms with Gasteiger partial charge in [0.25, 0.3) is 0 Å². The number of rotatable bonds is 4. The molecule has 0 spiro atoms. The molecule has 0 aliphatic carbocycles. The van der Waals surface area contributed by atoms with Crippen LogP contribution in [0.4, 0.5) is 0 Å². The van der Waals surface area contributed by atoms with Crippen LogP contribution < -0.4 is 5.32 Å². The summed E-state index contributed by atoms with van der Waals surface area (Å²) in [6.07, 6.45) is 1.70. The van der Waals surface area contributed by atoms with Gasteiger partial charge >= 0.3 is 0 Å². The standard InChI is InChI=1S/C14H16N4O/c1-10(15-8-14-17-16-9-18(14)2)13-7-11-5-3-4-6-12(11)19-13/h3-7,9-10,15H,8H2,1-2H3. The van der Waals surface area contributed by atoms with Gasteiger partial charge in [-0.3, -0.25) is 0 Å². The Hall–Kier alpha value is -2.14. The Balaban J connectivity index is 1.73. The molecule has 0 saturated carbocycles. The van der Waals surface area contributed by atoms with Crippen LogP contribution in [0.1, 0.15) is 24.6 Å². The molecule has 0 fully saturated rings. The highest BCUT2D eigenvalue weighted by molar-refractivity contribution is 5.77. The Morgan fingerprint density at radius 1 is 1.37 bits per heavy atom. The van der Waals surface area contributed by atoms with Gasteiger partial charge in [-0.15, -0.1) is 10.2 Å². The van der Waals surface area contributed by atoms with E-state index in [4.69, 9.17) is 4.42 Å². The molecule has 1 atom stereocenters. The van der Waals surface area contributed by atoms with Crippen molar-refractivity contribution in [1.82, 2.24) is 20.1 Å². The highest BCUT2D eigenvalue weighted by atomic mass is 16.3. The summed E-state index contributed by atoms with van der Waals surface area (Å²) in [6, 6.07) is 10.2. The van der Waals surface area contributed by atoms with Crippen molar-refractivity contribution in [3.05, 3.63) is 48.2 Å². The second-order valence-electron chi connectivity index (χ2n) is 4.65. The van der Waals surface area contributed by atoms with Crippen LogP contribution in [0.5, 0.6) is 0 Å². The Bertz CT molecular complexity index is 652. The SMILES string of the molecule is CC(NCc1nncn1C)c1cc2ccccc2o1. The van der Waals surface area contributed by atoms with Crippen molar-refractivity contribution in [3.63, 3.8) is 0 Å². The summed E-state index contributed by atoms with van der Waals surface area (Å²) in [7, 11) is 1.93. The van der Waals surface area contributed by atoms with Crippen LogP contribution in [0.15, 0.2) is 41.1 Å². The highest BCUT2D eigenvalue weighted by Crippen LogP contribution is 2.23. The third-order valence-corrected chi connectivity index (χ3v) is 3.24. The summed E-state index contributed by atoms with van der Waals surface area (Å²) in [5, 5.41) is 12.4. The first-order chi connectivity index (χ1) is 9.24. The number of benzene rings is 1. The monoisotopic (exact) mass is 256 g/mol. The van der Waals surface area contributed by atoms with Crippen molar-refractivity contribution in [2.45, 2.75) is 19.5 Å². The van der Waals surface area contributed by atoms with Crippen LogP contribution in [-0.4, -0.2) is 14.8 Å². The second-order valence-corrected chi connectivity index (χ2v) is 4.65. The lowest BCUT2D eigenvalue weighted by molar-refractivity contribution is 0.444. The molecule has 2 aromatic heterocycles. The lowest BCUT2D eigenvalue weighted by Crippen LogP contribution is -2.19. The minimum atomic E-state index is 0.129. The molecule has 3 aromatic rings. The van der Waals surface area contributed by atoms with Crippen LogP contribution >= 0.6 is 0 Å². The average Bonchev–Trinajstić information content (AvgIpc) is 3.01. The Morgan fingerprint density at radius 3 is 2.95 bits per heavy atom. The maximum Gasteiger partial charge on any atom is 0.146 e. The molecule has 5 heteroatoms. The van der Waals surface area contributed by atoms with Crippen molar-refractivity contribution < 1.29 is 4.42 Å². The van der Waals surface area contributed by atoms with Gasteiger partial charge in [0.05, 0.1) is 12.6 Å². The van der Waals surface area contributed by atoms with Crippen LogP contribution in [0.25, 0.3) is 11.0 Å². The summed E-state index contributed by atoms with van der Waals surface area (Å²) in [5.74, 6) is 1.84. The van der Waals surface area contributed by atoms with E-state index in [9.17, 15) is 0 Å². The normalized spacial score (nSPS) is 12.9. The minimum Gasteiger partial charge on any atom is -0.459 e. The van der Waals surface area contributed by atoms with E-state index in [0.717, 1.165) is 22.6 Å². The zero-order valence-corrected chi connectivity index (χ0v) is 11.0. The van der Waals surface area contributed by atoms with Gasteiger partial charge in [-0.05, 0) is 19.1 Å². The number of nitrogens with one attached hydrogen (secondary N) is 1. The lowest BCUT2D eigenvalue weighted by Gasteiger charge is -2.10. The fourth-order valence-corrected chi connectivity index (χ4v) is 2.03. The molecule has 0 radical (unpaired) electrons. The average molecular weight is 256 g/mol. The number of aromatic nitrogens is 3. The van der Waals surface area contributed by atoms with E-state index in [-0.39, 0.29) is 6.04 Å².